The number of nitrogens with zero attached hydrogens (tertiary/aromatic N) is 1. The number of rotatable bonds is 7. The highest BCUT2D eigenvalue weighted by Crippen LogP contribution is 2.30. The Hall–Kier alpha value is -2.14. The summed E-state index contributed by atoms with van der Waals surface area (Å²) in [5.74, 6) is 0.276. The lowest BCUT2D eigenvalue weighted by molar-refractivity contribution is -0.117. The molecule has 0 aliphatic heterocycles. The van der Waals surface area contributed by atoms with Gasteiger partial charge in [0.2, 0.25) is 0 Å². The molecule has 1 aromatic heterocycles. The third-order valence-corrected chi connectivity index (χ3v) is 6.41. The lowest BCUT2D eigenvalue weighted by atomic mass is 9.90. The van der Waals surface area contributed by atoms with Gasteiger partial charge in [0.15, 0.2) is 11.6 Å². The monoisotopic (exact) mass is 383 g/mol. The largest absolute Gasteiger partial charge is 0.299 e. The molecule has 0 bridgehead atoms. The quantitative estimate of drug-likeness (QED) is 0.651. The van der Waals surface area contributed by atoms with Gasteiger partial charge in [-0.1, -0.05) is 30.5 Å². The first-order valence-corrected chi connectivity index (χ1v) is 10.3. The zero-order valence-electron chi connectivity index (χ0n) is 16.1. The topological polar surface area (TPSA) is 64.1 Å². The first-order chi connectivity index (χ1) is 12.8. The van der Waals surface area contributed by atoms with Gasteiger partial charge in [-0.3, -0.25) is 14.4 Å². The molecule has 0 saturated heterocycles. The van der Waals surface area contributed by atoms with Crippen molar-refractivity contribution in [3.05, 3.63) is 50.5 Å². The number of benzene rings is 1. The van der Waals surface area contributed by atoms with Gasteiger partial charge >= 0.3 is 0 Å². The Kier molecular flexibility index (Phi) is 6.00. The van der Waals surface area contributed by atoms with Crippen molar-refractivity contribution in [1.82, 2.24) is 4.98 Å². The molecular weight excluding hydrogens is 358 g/mol. The first-order valence-electron chi connectivity index (χ1n) is 9.48. The van der Waals surface area contributed by atoms with Crippen LogP contribution in [-0.4, -0.2) is 22.3 Å². The molecule has 1 fully saturated rings. The summed E-state index contributed by atoms with van der Waals surface area (Å²) >= 11 is 1.29. The van der Waals surface area contributed by atoms with Gasteiger partial charge in [-0.25, -0.2) is 4.98 Å². The summed E-state index contributed by atoms with van der Waals surface area (Å²) in [6.07, 6.45) is 4.54. The van der Waals surface area contributed by atoms with Crippen LogP contribution in [0.1, 0.15) is 74.5 Å². The highest BCUT2D eigenvalue weighted by molar-refractivity contribution is 7.13. The molecule has 0 atom stereocenters. The van der Waals surface area contributed by atoms with Crippen LogP contribution in [-0.2, 0) is 17.6 Å². The molecule has 2 aromatic rings. The Bertz CT molecular complexity index is 891. The van der Waals surface area contributed by atoms with E-state index in [1.165, 1.54) is 18.3 Å². The summed E-state index contributed by atoms with van der Waals surface area (Å²) in [7, 11) is 0. The predicted molar refractivity (Wildman–Crippen MR) is 107 cm³/mol. The molecule has 0 unspecified atom stereocenters. The van der Waals surface area contributed by atoms with Gasteiger partial charge in [-0.2, -0.15) is 0 Å². The molecule has 1 aliphatic carbocycles. The van der Waals surface area contributed by atoms with Crippen LogP contribution < -0.4 is 0 Å². The van der Waals surface area contributed by atoms with Gasteiger partial charge in [0, 0.05) is 24.8 Å². The summed E-state index contributed by atoms with van der Waals surface area (Å²) in [4.78, 5) is 42.1. The second-order valence-corrected chi connectivity index (χ2v) is 8.56. The summed E-state index contributed by atoms with van der Waals surface area (Å²) in [6, 6.07) is 5.78. The molecule has 4 nitrogen and oxygen atoms in total. The van der Waals surface area contributed by atoms with Crippen LogP contribution in [0.25, 0.3) is 0 Å². The van der Waals surface area contributed by atoms with Crippen molar-refractivity contribution >= 4 is 28.7 Å². The molecular formula is C22H25NO3S. The van der Waals surface area contributed by atoms with Crippen LogP contribution in [0.15, 0.2) is 18.2 Å². The fraction of sp³-hybridized carbons (Fsp3) is 0.455. The molecule has 1 aliphatic rings. The zero-order valence-corrected chi connectivity index (χ0v) is 16.9. The van der Waals surface area contributed by atoms with Gasteiger partial charge < -0.3 is 0 Å². The van der Waals surface area contributed by atoms with E-state index >= 15 is 0 Å². The van der Waals surface area contributed by atoms with E-state index in [0.717, 1.165) is 36.8 Å². The Morgan fingerprint density at radius 1 is 1.11 bits per heavy atom. The second-order valence-electron chi connectivity index (χ2n) is 7.48. The number of aryl methyl sites for hydroxylation is 2. The van der Waals surface area contributed by atoms with Crippen molar-refractivity contribution in [1.29, 1.82) is 0 Å². The molecule has 1 aromatic carbocycles. The summed E-state index contributed by atoms with van der Waals surface area (Å²) in [5.41, 5.74) is 3.23. The number of thiazole rings is 1. The van der Waals surface area contributed by atoms with Crippen molar-refractivity contribution in [2.45, 2.75) is 59.3 Å². The van der Waals surface area contributed by atoms with E-state index in [1.54, 1.807) is 6.92 Å². The van der Waals surface area contributed by atoms with E-state index in [-0.39, 0.29) is 36.1 Å². The summed E-state index contributed by atoms with van der Waals surface area (Å²) in [5, 5.41) is 0.665. The van der Waals surface area contributed by atoms with Crippen molar-refractivity contribution in [3.63, 3.8) is 0 Å². The van der Waals surface area contributed by atoms with Crippen molar-refractivity contribution < 1.29 is 14.4 Å². The number of carbonyl (C=O) groups is 3. The standard InChI is InChI=1S/C22H25NO3S/c1-13-8-9-17(19(10-13)21(26)16-6-4-5-7-16)11-18(25)12-20-23-14(2)22(27-20)15(3)24/h8-10,16H,4-7,11-12H2,1-3H3. The lowest BCUT2D eigenvalue weighted by Crippen LogP contribution is -2.16. The Morgan fingerprint density at radius 3 is 2.44 bits per heavy atom. The average Bonchev–Trinajstić information content (AvgIpc) is 3.25. The van der Waals surface area contributed by atoms with Crippen molar-refractivity contribution in [2.75, 3.05) is 0 Å². The van der Waals surface area contributed by atoms with Crippen LogP contribution in [0.2, 0.25) is 0 Å². The minimum Gasteiger partial charge on any atom is -0.299 e. The molecule has 1 saturated carbocycles. The third-order valence-electron chi connectivity index (χ3n) is 5.15. The van der Waals surface area contributed by atoms with E-state index < -0.39 is 0 Å². The SMILES string of the molecule is CC(=O)c1sc(CC(=O)Cc2ccc(C)cc2C(=O)C2CCCC2)nc1C. The lowest BCUT2D eigenvalue weighted by Gasteiger charge is -2.13. The van der Waals surface area contributed by atoms with E-state index in [9.17, 15) is 14.4 Å². The molecule has 3 rings (SSSR count). The molecule has 0 amide bonds. The average molecular weight is 384 g/mol. The molecule has 142 valence electrons. The van der Waals surface area contributed by atoms with Crippen LogP contribution in [0.3, 0.4) is 0 Å². The minimum absolute atomic E-state index is 0.0168. The number of hydrogen-bond acceptors (Lipinski definition) is 5. The Balaban J connectivity index is 1.76. The van der Waals surface area contributed by atoms with Crippen LogP contribution in [0.4, 0.5) is 0 Å². The van der Waals surface area contributed by atoms with E-state index in [2.05, 4.69) is 4.98 Å². The molecule has 27 heavy (non-hydrogen) atoms. The minimum atomic E-state index is -0.0216. The molecule has 0 spiro atoms. The Labute approximate surface area is 164 Å². The number of carbonyl (C=O) groups excluding carboxylic acids is 3. The van der Waals surface area contributed by atoms with Gasteiger partial charge in [-0.05, 0) is 38.3 Å². The summed E-state index contributed by atoms with van der Waals surface area (Å²) < 4.78 is 0. The van der Waals surface area contributed by atoms with Gasteiger partial charge in [-0.15, -0.1) is 11.3 Å². The highest BCUT2D eigenvalue weighted by atomic mass is 32.1. The van der Waals surface area contributed by atoms with Gasteiger partial charge in [0.05, 0.1) is 17.0 Å². The fourth-order valence-electron chi connectivity index (χ4n) is 3.78. The first kappa shape index (κ1) is 19.6. The maximum absolute atomic E-state index is 12.9. The zero-order chi connectivity index (χ0) is 19.6. The molecule has 5 heteroatoms. The van der Waals surface area contributed by atoms with Crippen LogP contribution in [0.5, 0.6) is 0 Å². The second kappa shape index (κ2) is 8.26. The number of Topliss-reactive ketones (excluding diaryl/α,β-unsaturated/α-hetero) is 3. The normalized spacial score (nSPS) is 14.5. The summed E-state index contributed by atoms with van der Waals surface area (Å²) in [6.45, 7) is 5.28. The maximum Gasteiger partial charge on any atom is 0.171 e. The molecule has 0 radical (unpaired) electrons. The smallest absolute Gasteiger partial charge is 0.171 e. The van der Waals surface area contributed by atoms with Crippen LogP contribution >= 0.6 is 11.3 Å². The van der Waals surface area contributed by atoms with Crippen LogP contribution in [0, 0.1) is 19.8 Å². The Morgan fingerprint density at radius 2 is 1.81 bits per heavy atom. The fourth-order valence-corrected chi connectivity index (χ4v) is 4.77. The predicted octanol–water partition coefficient (Wildman–Crippen LogP) is 4.69. The highest BCUT2D eigenvalue weighted by Gasteiger charge is 2.26. The number of aromatic nitrogens is 1. The third kappa shape index (κ3) is 4.59. The van der Waals surface area contributed by atoms with Gasteiger partial charge in [0.1, 0.15) is 10.8 Å². The van der Waals surface area contributed by atoms with E-state index in [4.69, 9.17) is 0 Å². The maximum atomic E-state index is 12.9. The van der Waals surface area contributed by atoms with Gasteiger partial charge in [0.25, 0.3) is 0 Å². The van der Waals surface area contributed by atoms with E-state index in [0.29, 0.717) is 21.1 Å². The van der Waals surface area contributed by atoms with Crippen molar-refractivity contribution in [3.8, 4) is 0 Å². The number of hydrogen-bond donors (Lipinski definition) is 0. The van der Waals surface area contributed by atoms with Crippen molar-refractivity contribution in [2.24, 2.45) is 5.92 Å². The number of ketones is 3. The molecule has 0 N–H and O–H groups in total. The molecule has 1 heterocycles. The van der Waals surface area contributed by atoms with E-state index in [1.807, 2.05) is 25.1 Å².